The average Bonchev–Trinajstić information content (AvgIpc) is 1.30. The van der Waals surface area contributed by atoms with Crippen LogP contribution >= 0.6 is 0 Å². The second-order valence-electron chi connectivity index (χ2n) is 2.13. The summed E-state index contributed by atoms with van der Waals surface area (Å²) in [5.74, 6) is 0. The molecule has 0 aliphatic carbocycles. The third-order valence-corrected chi connectivity index (χ3v) is 0.424. The van der Waals surface area contributed by atoms with Crippen molar-refractivity contribution in [2.24, 2.45) is 5.73 Å². The molecule has 0 spiro atoms. The summed E-state index contributed by atoms with van der Waals surface area (Å²) in [6.07, 6.45) is 1.60. The minimum Gasteiger partial charge on any atom is -0.316 e. The molecule has 0 bridgehead atoms. The molecule has 0 aromatic carbocycles. The molecule has 0 unspecified atom stereocenters. The summed E-state index contributed by atoms with van der Waals surface area (Å²) in [5, 5.41) is 0. The predicted molar refractivity (Wildman–Crippen MR) is 33.6 cm³/mol. The van der Waals surface area contributed by atoms with Gasteiger partial charge in [-0.2, -0.15) is 0 Å². The predicted octanol–water partition coefficient (Wildman–Crippen LogP) is -0.438. The molecule has 0 saturated carbocycles. The molecular weight excluding hydrogens is 88.1 g/mol. The van der Waals surface area contributed by atoms with E-state index in [1.54, 1.807) is 6.21 Å². The zero-order chi connectivity index (χ0) is 5.91. The summed E-state index contributed by atoms with van der Waals surface area (Å²) in [7, 11) is 0. The number of nitrogens with zero attached hydrogens (tertiary/aromatic N) is 1. The number of hydrogen-bond donors (Lipinski definition) is 1. The first-order valence-corrected chi connectivity index (χ1v) is 2.15. The Morgan fingerprint density at radius 2 is 2.14 bits per heavy atom. The molecule has 0 aromatic heterocycles. The van der Waals surface area contributed by atoms with E-state index >= 15 is 0 Å². The molecule has 0 aliphatic heterocycles. The third kappa shape index (κ3) is 5.41. The smallest absolute Gasteiger partial charge is 0.287 e. The van der Waals surface area contributed by atoms with E-state index in [2.05, 4.69) is 11.4 Å². The van der Waals surface area contributed by atoms with Gasteiger partial charge in [-0.3, -0.25) is 0 Å². The van der Waals surface area contributed by atoms with Crippen molar-refractivity contribution in [3.05, 3.63) is 0 Å². The van der Waals surface area contributed by atoms with Gasteiger partial charge in [0.2, 0.25) is 0 Å². The second-order valence-corrected chi connectivity index (χ2v) is 2.13. The van der Waals surface area contributed by atoms with E-state index in [4.69, 9.17) is 5.73 Å². The lowest BCUT2D eigenvalue weighted by atomic mass is 10.1. The highest BCUT2D eigenvalue weighted by molar-refractivity contribution is 5.68. The Morgan fingerprint density at radius 1 is 1.71 bits per heavy atom. The quantitative estimate of drug-likeness (QED) is 0.351. The molecule has 0 fully saturated rings. The molecule has 40 valence electrons. The number of nitrogens with two attached hydrogens (primary N) is 1. The van der Waals surface area contributed by atoms with Crippen molar-refractivity contribution < 1.29 is 0 Å². The van der Waals surface area contributed by atoms with Gasteiger partial charge in [-0.15, -0.1) is 4.67 Å². The second kappa shape index (κ2) is 1.92. The van der Waals surface area contributed by atoms with Gasteiger partial charge in [-0.25, -0.2) is 0 Å². The minimum atomic E-state index is -0.304. The summed E-state index contributed by atoms with van der Waals surface area (Å²) in [6.45, 7) is 6.99. The fourth-order valence-corrected chi connectivity index (χ4v) is 0.235. The Hall–Kier alpha value is -0.590. The summed E-state index contributed by atoms with van der Waals surface area (Å²) >= 11 is 0. The van der Waals surface area contributed by atoms with Gasteiger partial charge in [0.05, 0.1) is 0 Å². The monoisotopic (exact) mass is 99.1 g/mol. The standard InChI is InChI=1S/C5H11N2/c1-5(2,6)4-7-3/h4H,3,6H2,1-2H3/q+1. The first-order chi connectivity index (χ1) is 3.06. The van der Waals surface area contributed by atoms with Gasteiger partial charge < -0.3 is 5.73 Å². The van der Waals surface area contributed by atoms with Crippen LogP contribution in [0.25, 0.3) is 0 Å². The molecule has 0 saturated heterocycles. The summed E-state index contributed by atoms with van der Waals surface area (Å²) in [4.78, 5) is 0. The number of hydrogen-bond acceptors (Lipinski definition) is 1. The van der Waals surface area contributed by atoms with E-state index < -0.39 is 0 Å². The van der Waals surface area contributed by atoms with Crippen LogP contribution < -0.4 is 10.4 Å². The maximum Gasteiger partial charge on any atom is 0.287 e. The van der Waals surface area contributed by atoms with Crippen molar-refractivity contribution in [2.45, 2.75) is 19.4 Å². The number of rotatable bonds is 1. The molecule has 0 rings (SSSR count). The molecule has 0 heterocycles. The molecule has 7 heavy (non-hydrogen) atoms. The normalized spacial score (nSPS) is 10.1. The van der Waals surface area contributed by atoms with E-state index in [0.717, 1.165) is 0 Å². The maximum absolute atomic E-state index is 5.46. The molecular formula is C5H11N2+. The lowest BCUT2D eigenvalue weighted by molar-refractivity contribution is 0.714. The third-order valence-electron chi connectivity index (χ3n) is 0.424. The lowest BCUT2D eigenvalue weighted by Crippen LogP contribution is -2.34. The Morgan fingerprint density at radius 3 is 2.14 bits per heavy atom. The highest BCUT2D eigenvalue weighted by Crippen LogP contribution is 1.85. The van der Waals surface area contributed by atoms with Gasteiger partial charge in [0, 0.05) is 0 Å². The molecule has 2 N–H and O–H groups in total. The first-order valence-electron chi connectivity index (χ1n) is 2.15. The highest BCUT2D eigenvalue weighted by atomic mass is 14.7. The highest BCUT2D eigenvalue weighted by Gasteiger charge is 2.10. The van der Waals surface area contributed by atoms with E-state index in [-0.39, 0.29) is 5.54 Å². The van der Waals surface area contributed by atoms with E-state index in [1.165, 1.54) is 0 Å². The van der Waals surface area contributed by atoms with Gasteiger partial charge >= 0.3 is 0 Å². The van der Waals surface area contributed by atoms with Gasteiger partial charge in [0.15, 0.2) is 0 Å². The first kappa shape index (κ1) is 6.41. The van der Waals surface area contributed by atoms with Crippen molar-refractivity contribution in [1.82, 2.24) is 4.67 Å². The molecule has 0 radical (unpaired) electrons. The van der Waals surface area contributed by atoms with Crippen molar-refractivity contribution in [3.8, 4) is 0 Å². The Labute approximate surface area is 43.8 Å². The van der Waals surface area contributed by atoms with Crippen LogP contribution in [-0.2, 0) is 0 Å². The molecule has 0 aromatic rings. The molecule has 2 heteroatoms. The van der Waals surface area contributed by atoms with Crippen molar-refractivity contribution in [2.75, 3.05) is 0 Å². The van der Waals surface area contributed by atoms with Crippen LogP contribution in [0.5, 0.6) is 0 Å². The van der Waals surface area contributed by atoms with Gasteiger partial charge in [0.25, 0.3) is 12.9 Å². The summed E-state index contributed by atoms with van der Waals surface area (Å²) < 4.78 is 3.51. The van der Waals surface area contributed by atoms with Gasteiger partial charge in [-0.05, 0) is 13.8 Å². The molecule has 0 amide bonds. The maximum atomic E-state index is 5.46. The Balaban J connectivity index is 3.80. The van der Waals surface area contributed by atoms with Crippen LogP contribution in [0.15, 0.2) is 0 Å². The molecule has 0 aliphatic rings. The summed E-state index contributed by atoms with van der Waals surface area (Å²) in [6, 6.07) is 0. The fraction of sp³-hybridized carbons (Fsp3) is 0.600. The van der Waals surface area contributed by atoms with Gasteiger partial charge in [-0.1, -0.05) is 0 Å². The lowest BCUT2D eigenvalue weighted by Gasteiger charge is -2.00. The zero-order valence-electron chi connectivity index (χ0n) is 4.81. The minimum absolute atomic E-state index is 0.304. The van der Waals surface area contributed by atoms with Crippen LogP contribution in [-0.4, -0.2) is 18.5 Å². The average molecular weight is 99.2 g/mol. The topological polar surface area (TPSA) is 40.1 Å². The van der Waals surface area contributed by atoms with Crippen LogP contribution in [0.4, 0.5) is 0 Å². The van der Waals surface area contributed by atoms with Crippen LogP contribution in [0.3, 0.4) is 0 Å². The Kier molecular flexibility index (Phi) is 1.75. The van der Waals surface area contributed by atoms with Crippen LogP contribution in [0.2, 0.25) is 0 Å². The largest absolute Gasteiger partial charge is 0.316 e. The fourth-order valence-electron chi connectivity index (χ4n) is 0.235. The molecule has 2 nitrogen and oxygen atoms in total. The van der Waals surface area contributed by atoms with E-state index in [9.17, 15) is 0 Å². The van der Waals surface area contributed by atoms with Crippen molar-refractivity contribution in [1.29, 1.82) is 0 Å². The van der Waals surface area contributed by atoms with Crippen molar-refractivity contribution in [3.63, 3.8) is 0 Å². The van der Waals surface area contributed by atoms with Crippen molar-refractivity contribution >= 4 is 12.9 Å². The van der Waals surface area contributed by atoms with Crippen LogP contribution in [0, 0.1) is 0 Å². The van der Waals surface area contributed by atoms with Gasteiger partial charge in [0.1, 0.15) is 5.54 Å². The SMILES string of the molecule is C=[N+]=CC(C)(C)N. The summed E-state index contributed by atoms with van der Waals surface area (Å²) in [5.41, 5.74) is 5.15. The molecule has 0 atom stereocenters. The van der Waals surface area contributed by atoms with Crippen LogP contribution in [0.1, 0.15) is 13.8 Å². The van der Waals surface area contributed by atoms with E-state index in [0.29, 0.717) is 0 Å². The van der Waals surface area contributed by atoms with E-state index in [1.807, 2.05) is 13.8 Å². The zero-order valence-corrected chi connectivity index (χ0v) is 4.81. The Bertz CT molecular complexity index is 93.1.